The number of anilines is 1. The molecule has 3 rings (SSSR count). The number of benzene rings is 1. The van der Waals surface area contributed by atoms with E-state index in [2.05, 4.69) is 46.4 Å². The van der Waals surface area contributed by atoms with Gasteiger partial charge in [0.2, 0.25) is 15.9 Å². The predicted octanol–water partition coefficient (Wildman–Crippen LogP) is 0.726. The third-order valence-corrected chi connectivity index (χ3v) is 6.77. The van der Waals surface area contributed by atoms with E-state index in [9.17, 15) is 13.2 Å². The molecule has 2 saturated heterocycles. The number of hydrogen-bond acceptors (Lipinski definition) is 5. The average molecular weight is 395 g/mol. The first kappa shape index (κ1) is 20.1. The second kappa shape index (κ2) is 8.58. The molecular weight excluding hydrogens is 364 g/mol. The van der Waals surface area contributed by atoms with Gasteiger partial charge in [-0.3, -0.25) is 4.79 Å². The van der Waals surface area contributed by atoms with Crippen LogP contribution in [0.5, 0.6) is 0 Å². The highest BCUT2D eigenvalue weighted by atomic mass is 32.2. The predicted molar refractivity (Wildman–Crippen MR) is 107 cm³/mol. The van der Waals surface area contributed by atoms with Crippen molar-refractivity contribution >= 4 is 21.6 Å². The normalized spacial score (nSPS) is 22.6. The van der Waals surface area contributed by atoms with E-state index >= 15 is 0 Å². The van der Waals surface area contributed by atoms with Gasteiger partial charge in [0.05, 0.1) is 12.2 Å². The summed E-state index contributed by atoms with van der Waals surface area (Å²) in [5.74, 6) is -0.329. The Bertz CT molecular complexity index is 743. The maximum absolute atomic E-state index is 12.4. The summed E-state index contributed by atoms with van der Waals surface area (Å²) in [4.78, 5) is 17.2. The molecule has 0 saturated carbocycles. The number of carbonyl (C=O) groups is 1. The van der Waals surface area contributed by atoms with Crippen LogP contribution in [0, 0.1) is 5.92 Å². The van der Waals surface area contributed by atoms with Crippen LogP contribution in [0.4, 0.5) is 5.69 Å². The topological polar surface area (TPSA) is 73.0 Å². The molecule has 1 atom stereocenters. The van der Waals surface area contributed by atoms with E-state index in [0.29, 0.717) is 13.1 Å². The van der Waals surface area contributed by atoms with Crippen LogP contribution in [0.1, 0.15) is 18.4 Å². The highest BCUT2D eigenvalue weighted by molar-refractivity contribution is 7.88. The quantitative estimate of drug-likeness (QED) is 0.797. The van der Waals surface area contributed by atoms with Gasteiger partial charge in [0.1, 0.15) is 0 Å². The zero-order chi connectivity index (χ0) is 19.4. The summed E-state index contributed by atoms with van der Waals surface area (Å²) >= 11 is 0. The van der Waals surface area contributed by atoms with Gasteiger partial charge in [-0.2, -0.15) is 0 Å². The Morgan fingerprint density at radius 2 is 1.78 bits per heavy atom. The Hall–Kier alpha value is -1.64. The smallest absolute Gasteiger partial charge is 0.224 e. The molecule has 2 aliphatic rings. The lowest BCUT2D eigenvalue weighted by Crippen LogP contribution is -2.45. The molecule has 1 N–H and O–H groups in total. The van der Waals surface area contributed by atoms with Crippen LogP contribution in [0.25, 0.3) is 0 Å². The molecule has 1 unspecified atom stereocenters. The van der Waals surface area contributed by atoms with Gasteiger partial charge in [0, 0.05) is 51.5 Å². The van der Waals surface area contributed by atoms with Gasteiger partial charge in [-0.25, -0.2) is 12.7 Å². The zero-order valence-electron chi connectivity index (χ0n) is 16.2. The van der Waals surface area contributed by atoms with E-state index in [1.807, 2.05) is 0 Å². The second-order valence-electron chi connectivity index (χ2n) is 7.63. The number of hydrogen-bond donors (Lipinski definition) is 1. The molecule has 2 fully saturated rings. The second-order valence-corrected chi connectivity index (χ2v) is 9.62. The highest BCUT2D eigenvalue weighted by Crippen LogP contribution is 2.20. The molecule has 150 valence electrons. The molecule has 7 nitrogen and oxygen atoms in total. The summed E-state index contributed by atoms with van der Waals surface area (Å²) in [5, 5.41) is 2.96. The number of rotatable bonds is 5. The summed E-state index contributed by atoms with van der Waals surface area (Å²) in [5.41, 5.74) is 2.27. The van der Waals surface area contributed by atoms with Gasteiger partial charge in [-0.1, -0.05) is 12.1 Å². The first-order chi connectivity index (χ1) is 12.8. The van der Waals surface area contributed by atoms with Crippen LogP contribution < -0.4 is 10.2 Å². The summed E-state index contributed by atoms with van der Waals surface area (Å²) < 4.78 is 24.8. The first-order valence-corrected chi connectivity index (χ1v) is 11.4. The number of piperidine rings is 1. The number of carbonyl (C=O) groups excluding carboxylic acids is 1. The Morgan fingerprint density at radius 3 is 2.41 bits per heavy atom. The molecule has 0 aromatic heterocycles. The van der Waals surface area contributed by atoms with Gasteiger partial charge >= 0.3 is 0 Å². The molecule has 1 amide bonds. The van der Waals surface area contributed by atoms with Crippen LogP contribution in [0.2, 0.25) is 0 Å². The van der Waals surface area contributed by atoms with Crippen molar-refractivity contribution in [1.82, 2.24) is 14.5 Å². The Kier molecular flexibility index (Phi) is 6.39. The summed E-state index contributed by atoms with van der Waals surface area (Å²) in [7, 11) is -1.09. The Balaban J connectivity index is 1.50. The van der Waals surface area contributed by atoms with Crippen molar-refractivity contribution in [2.45, 2.75) is 19.4 Å². The highest BCUT2D eigenvalue weighted by Gasteiger charge is 2.29. The fourth-order valence-electron chi connectivity index (χ4n) is 3.68. The van der Waals surface area contributed by atoms with E-state index < -0.39 is 10.0 Å². The number of amides is 1. The molecule has 2 heterocycles. The first-order valence-electron chi connectivity index (χ1n) is 9.58. The molecule has 1 aromatic rings. The monoisotopic (exact) mass is 394 g/mol. The summed E-state index contributed by atoms with van der Waals surface area (Å²) in [6.07, 6.45) is 2.67. The molecule has 27 heavy (non-hydrogen) atoms. The minimum Gasteiger partial charge on any atom is -0.369 e. The van der Waals surface area contributed by atoms with Crippen molar-refractivity contribution < 1.29 is 13.2 Å². The van der Waals surface area contributed by atoms with Crippen LogP contribution in [-0.2, 0) is 21.4 Å². The van der Waals surface area contributed by atoms with E-state index in [1.54, 1.807) is 0 Å². The van der Waals surface area contributed by atoms with E-state index in [-0.39, 0.29) is 18.4 Å². The Morgan fingerprint density at radius 1 is 1.11 bits per heavy atom. The standard InChI is InChI=1S/C19H30N4O3S/c1-21-10-12-22(13-11-21)18-7-5-16(6-8-18)14-20-19(24)17-4-3-9-23(15-17)27(2,25)26/h5-8,17H,3-4,9-15H2,1-2H3,(H,20,24). The molecule has 0 spiro atoms. The lowest BCUT2D eigenvalue weighted by atomic mass is 9.98. The third kappa shape index (κ3) is 5.43. The maximum Gasteiger partial charge on any atom is 0.224 e. The van der Waals surface area contributed by atoms with Crippen molar-refractivity contribution in [3.8, 4) is 0 Å². The lowest BCUT2D eigenvalue weighted by molar-refractivity contribution is -0.126. The number of sulfonamides is 1. The molecular formula is C19H30N4O3S. The molecule has 8 heteroatoms. The van der Waals surface area contributed by atoms with Gasteiger partial charge in [0.15, 0.2) is 0 Å². The zero-order valence-corrected chi connectivity index (χ0v) is 17.0. The van der Waals surface area contributed by atoms with E-state index in [4.69, 9.17) is 0 Å². The van der Waals surface area contributed by atoms with Crippen LogP contribution in [-0.4, -0.2) is 76.1 Å². The number of likely N-dealkylation sites (N-methyl/N-ethyl adjacent to an activating group) is 1. The molecule has 0 aliphatic carbocycles. The number of nitrogens with zero attached hydrogens (tertiary/aromatic N) is 3. The third-order valence-electron chi connectivity index (χ3n) is 5.50. The van der Waals surface area contributed by atoms with Crippen molar-refractivity contribution in [3.05, 3.63) is 29.8 Å². The van der Waals surface area contributed by atoms with Gasteiger partial charge in [0.25, 0.3) is 0 Å². The largest absolute Gasteiger partial charge is 0.369 e. The SMILES string of the molecule is CN1CCN(c2ccc(CNC(=O)C3CCCN(S(C)(=O)=O)C3)cc2)CC1. The molecule has 1 aromatic carbocycles. The lowest BCUT2D eigenvalue weighted by Gasteiger charge is -2.34. The molecule has 0 bridgehead atoms. The van der Waals surface area contributed by atoms with Crippen molar-refractivity contribution in [3.63, 3.8) is 0 Å². The van der Waals surface area contributed by atoms with Gasteiger partial charge < -0.3 is 15.1 Å². The van der Waals surface area contributed by atoms with Gasteiger partial charge in [-0.15, -0.1) is 0 Å². The summed E-state index contributed by atoms with van der Waals surface area (Å²) in [6.45, 7) is 5.48. The average Bonchev–Trinajstić information content (AvgIpc) is 2.66. The molecule has 0 radical (unpaired) electrons. The van der Waals surface area contributed by atoms with Crippen molar-refractivity contribution in [2.75, 3.05) is 57.5 Å². The maximum atomic E-state index is 12.4. The minimum absolute atomic E-state index is 0.0634. The van der Waals surface area contributed by atoms with E-state index in [0.717, 1.165) is 44.6 Å². The summed E-state index contributed by atoms with van der Waals surface area (Å²) in [6, 6.07) is 8.33. The van der Waals surface area contributed by atoms with Crippen LogP contribution >= 0.6 is 0 Å². The molecule has 2 aliphatic heterocycles. The minimum atomic E-state index is -3.23. The van der Waals surface area contributed by atoms with Crippen molar-refractivity contribution in [1.29, 1.82) is 0 Å². The fourth-order valence-corrected chi connectivity index (χ4v) is 4.59. The van der Waals surface area contributed by atoms with E-state index in [1.165, 1.54) is 16.2 Å². The van der Waals surface area contributed by atoms with Gasteiger partial charge in [-0.05, 0) is 37.6 Å². The Labute approximate surface area is 162 Å². The number of nitrogens with one attached hydrogen (secondary N) is 1. The van der Waals surface area contributed by atoms with Crippen LogP contribution in [0.15, 0.2) is 24.3 Å². The number of piperazine rings is 1. The van der Waals surface area contributed by atoms with Crippen LogP contribution in [0.3, 0.4) is 0 Å². The van der Waals surface area contributed by atoms with Crippen molar-refractivity contribution in [2.24, 2.45) is 5.92 Å². The fraction of sp³-hybridized carbons (Fsp3) is 0.632.